The first-order valence-electron chi connectivity index (χ1n) is 8.23. The molecule has 2 atom stereocenters. The number of aliphatic hydroxyl groups is 1. The number of aliphatic hydroxyl groups excluding tert-OH is 1. The van der Waals surface area contributed by atoms with Crippen molar-refractivity contribution in [1.29, 1.82) is 0 Å². The molecular weight excluding hydrogens is 299 g/mol. The van der Waals surface area contributed by atoms with E-state index in [2.05, 4.69) is 5.32 Å². The van der Waals surface area contributed by atoms with Gasteiger partial charge < -0.3 is 20.1 Å². The molecule has 0 spiro atoms. The first-order valence-corrected chi connectivity index (χ1v) is 8.23. The number of nitrogens with zero attached hydrogens (tertiary/aromatic N) is 1. The molecule has 0 aromatic heterocycles. The minimum Gasteiger partial charge on any atom is -0.387 e. The van der Waals surface area contributed by atoms with E-state index in [0.29, 0.717) is 12.1 Å². The van der Waals surface area contributed by atoms with Gasteiger partial charge in [0.25, 0.3) is 0 Å². The van der Waals surface area contributed by atoms with Crippen molar-refractivity contribution in [3.8, 4) is 0 Å². The normalized spacial score (nSPS) is 21.9. The first-order chi connectivity index (χ1) is 11.1. The van der Waals surface area contributed by atoms with E-state index in [-0.39, 0.29) is 30.5 Å². The predicted molar refractivity (Wildman–Crippen MR) is 83.5 cm³/mol. The fourth-order valence-electron chi connectivity index (χ4n) is 2.87. The maximum Gasteiger partial charge on any atom is 0.317 e. The van der Waals surface area contributed by atoms with Crippen molar-refractivity contribution in [3.05, 3.63) is 35.6 Å². The maximum absolute atomic E-state index is 13.0. The highest BCUT2D eigenvalue weighted by molar-refractivity contribution is 5.75. The second-order valence-corrected chi connectivity index (χ2v) is 6.27. The number of rotatable bonds is 6. The average molecular weight is 322 g/mol. The van der Waals surface area contributed by atoms with Gasteiger partial charge in [-0.05, 0) is 43.4 Å². The highest BCUT2D eigenvalue weighted by Crippen LogP contribution is 2.29. The minimum atomic E-state index is -0.815. The molecule has 0 radical (unpaired) electrons. The number of amides is 2. The van der Waals surface area contributed by atoms with Crippen molar-refractivity contribution < 1.29 is 19.0 Å². The molecule has 23 heavy (non-hydrogen) atoms. The summed E-state index contributed by atoms with van der Waals surface area (Å²) in [4.78, 5) is 14.1. The number of carbonyl (C=O) groups excluding carboxylic acids is 1. The molecule has 1 saturated heterocycles. The standard InChI is InChI=1S/C17H23FN2O3/c18-13-5-3-12(4-6-13)16(21)11-20(14-7-8-14)17(22)19-10-15-2-1-9-23-15/h3-6,14-16,21H,1-2,7-11H2,(H,19,22)/t15-,16+/m0/s1. The quantitative estimate of drug-likeness (QED) is 0.844. The Hall–Kier alpha value is -1.66. The van der Waals surface area contributed by atoms with E-state index < -0.39 is 6.10 Å². The molecule has 126 valence electrons. The lowest BCUT2D eigenvalue weighted by molar-refractivity contribution is 0.100. The van der Waals surface area contributed by atoms with Crippen LogP contribution in [0.1, 0.15) is 37.4 Å². The molecule has 5 nitrogen and oxygen atoms in total. The van der Waals surface area contributed by atoms with Crippen molar-refractivity contribution >= 4 is 6.03 Å². The lowest BCUT2D eigenvalue weighted by Gasteiger charge is -2.26. The molecule has 0 unspecified atom stereocenters. The highest BCUT2D eigenvalue weighted by Gasteiger charge is 2.34. The Bertz CT molecular complexity index is 527. The molecule has 2 fully saturated rings. The number of nitrogens with one attached hydrogen (secondary N) is 1. The van der Waals surface area contributed by atoms with E-state index in [9.17, 15) is 14.3 Å². The van der Waals surface area contributed by atoms with Gasteiger partial charge >= 0.3 is 6.03 Å². The van der Waals surface area contributed by atoms with E-state index in [1.54, 1.807) is 17.0 Å². The Morgan fingerprint density at radius 2 is 2.09 bits per heavy atom. The van der Waals surface area contributed by atoms with Gasteiger partial charge in [0, 0.05) is 19.2 Å². The van der Waals surface area contributed by atoms with E-state index in [4.69, 9.17) is 4.74 Å². The predicted octanol–water partition coefficient (Wildman–Crippen LogP) is 2.21. The van der Waals surface area contributed by atoms with Crippen LogP contribution in [0.2, 0.25) is 0 Å². The fraction of sp³-hybridized carbons (Fsp3) is 0.588. The van der Waals surface area contributed by atoms with Crippen LogP contribution in [0.4, 0.5) is 9.18 Å². The number of halogens is 1. The SMILES string of the molecule is O=C(NC[C@@H]1CCCO1)N(C[C@@H](O)c1ccc(F)cc1)C1CC1. The largest absolute Gasteiger partial charge is 0.387 e. The molecule has 6 heteroatoms. The average Bonchev–Trinajstić information content (AvgIpc) is 3.26. The fourth-order valence-corrected chi connectivity index (χ4v) is 2.87. The van der Waals surface area contributed by atoms with Gasteiger partial charge in [-0.25, -0.2) is 9.18 Å². The molecule has 1 aromatic carbocycles. The van der Waals surface area contributed by atoms with Crippen molar-refractivity contribution in [2.24, 2.45) is 0 Å². The molecule has 2 N–H and O–H groups in total. The third kappa shape index (κ3) is 4.42. The van der Waals surface area contributed by atoms with Crippen LogP contribution in [0.5, 0.6) is 0 Å². The van der Waals surface area contributed by atoms with Gasteiger partial charge in [0.1, 0.15) is 5.82 Å². The summed E-state index contributed by atoms with van der Waals surface area (Å²) in [6.45, 7) is 1.48. The molecule has 2 amide bonds. The van der Waals surface area contributed by atoms with E-state index in [1.165, 1.54) is 12.1 Å². The Kier molecular flexibility index (Phi) is 5.13. The smallest absolute Gasteiger partial charge is 0.317 e. The molecule has 0 bridgehead atoms. The Morgan fingerprint density at radius 3 is 2.70 bits per heavy atom. The van der Waals surface area contributed by atoms with Crippen LogP contribution in [0.25, 0.3) is 0 Å². The number of ether oxygens (including phenoxy) is 1. The molecule has 3 rings (SSSR count). The zero-order valence-corrected chi connectivity index (χ0v) is 13.1. The lowest BCUT2D eigenvalue weighted by atomic mass is 10.1. The van der Waals surface area contributed by atoms with E-state index >= 15 is 0 Å². The van der Waals surface area contributed by atoms with Gasteiger partial charge in [0.15, 0.2) is 0 Å². The van der Waals surface area contributed by atoms with Crippen molar-refractivity contribution in [2.45, 2.75) is 43.9 Å². The maximum atomic E-state index is 13.0. The second-order valence-electron chi connectivity index (χ2n) is 6.27. The number of urea groups is 1. The van der Waals surface area contributed by atoms with Crippen LogP contribution in [0, 0.1) is 5.82 Å². The summed E-state index contributed by atoms with van der Waals surface area (Å²) in [6, 6.07) is 5.76. The molecule has 1 heterocycles. The van der Waals surface area contributed by atoms with E-state index in [0.717, 1.165) is 32.3 Å². The molecule has 1 aliphatic carbocycles. The summed E-state index contributed by atoms with van der Waals surface area (Å²) in [6.07, 6.45) is 3.22. The van der Waals surface area contributed by atoms with E-state index in [1.807, 2.05) is 0 Å². The molecule has 1 aliphatic heterocycles. The Labute approximate surface area is 135 Å². The van der Waals surface area contributed by atoms with Crippen LogP contribution in [-0.2, 0) is 4.74 Å². The van der Waals surface area contributed by atoms with Gasteiger partial charge in [-0.3, -0.25) is 0 Å². The van der Waals surface area contributed by atoms with Crippen LogP contribution in [0.3, 0.4) is 0 Å². The number of carbonyl (C=O) groups is 1. The molecule has 1 saturated carbocycles. The Morgan fingerprint density at radius 1 is 1.35 bits per heavy atom. The summed E-state index contributed by atoms with van der Waals surface area (Å²) in [5, 5.41) is 13.2. The summed E-state index contributed by atoms with van der Waals surface area (Å²) in [5.41, 5.74) is 0.615. The van der Waals surface area contributed by atoms with Gasteiger partial charge in [-0.1, -0.05) is 12.1 Å². The van der Waals surface area contributed by atoms with Gasteiger partial charge in [-0.15, -0.1) is 0 Å². The van der Waals surface area contributed by atoms with Crippen molar-refractivity contribution in [1.82, 2.24) is 10.2 Å². The number of hydrogen-bond donors (Lipinski definition) is 2. The summed E-state index contributed by atoms with van der Waals surface area (Å²) in [5.74, 6) is -0.339. The minimum absolute atomic E-state index is 0.0991. The molecule has 1 aromatic rings. The molecule has 2 aliphatic rings. The van der Waals surface area contributed by atoms with Crippen LogP contribution in [-0.4, -0.2) is 47.9 Å². The third-order valence-corrected chi connectivity index (χ3v) is 4.38. The van der Waals surface area contributed by atoms with Crippen molar-refractivity contribution in [3.63, 3.8) is 0 Å². The van der Waals surface area contributed by atoms with Crippen LogP contribution in [0.15, 0.2) is 24.3 Å². The second kappa shape index (κ2) is 7.27. The Balaban J connectivity index is 1.55. The van der Waals surface area contributed by atoms with Crippen LogP contribution >= 0.6 is 0 Å². The number of hydrogen-bond acceptors (Lipinski definition) is 3. The highest BCUT2D eigenvalue weighted by atomic mass is 19.1. The zero-order valence-electron chi connectivity index (χ0n) is 13.1. The molecular formula is C17H23FN2O3. The zero-order chi connectivity index (χ0) is 16.2. The van der Waals surface area contributed by atoms with Gasteiger partial charge in [-0.2, -0.15) is 0 Å². The van der Waals surface area contributed by atoms with Gasteiger partial charge in [0.05, 0.1) is 18.8 Å². The first kappa shape index (κ1) is 16.2. The third-order valence-electron chi connectivity index (χ3n) is 4.38. The summed E-state index contributed by atoms with van der Waals surface area (Å²) >= 11 is 0. The topological polar surface area (TPSA) is 61.8 Å². The monoisotopic (exact) mass is 322 g/mol. The summed E-state index contributed by atoms with van der Waals surface area (Å²) in [7, 11) is 0. The van der Waals surface area contributed by atoms with Crippen molar-refractivity contribution in [2.75, 3.05) is 19.7 Å². The summed E-state index contributed by atoms with van der Waals surface area (Å²) < 4.78 is 18.5. The number of benzene rings is 1. The lowest BCUT2D eigenvalue weighted by Crippen LogP contribution is -2.45. The van der Waals surface area contributed by atoms with Gasteiger partial charge in [0.2, 0.25) is 0 Å². The van der Waals surface area contributed by atoms with Crippen LogP contribution < -0.4 is 5.32 Å².